The fraction of sp³-hybridized carbons (Fsp3) is 0.188. The lowest BCUT2D eigenvalue weighted by Crippen LogP contribution is -2.15. The first-order valence-corrected chi connectivity index (χ1v) is 22.9. The third kappa shape index (κ3) is 8.03. The van der Waals surface area contributed by atoms with Crippen molar-refractivity contribution in [2.45, 2.75) is 81.6 Å². The van der Waals surface area contributed by atoms with E-state index in [2.05, 4.69) is 237 Å². The van der Waals surface area contributed by atoms with E-state index in [0.717, 1.165) is 0 Å². The fourth-order valence-electron chi connectivity index (χ4n) is 9.88. The van der Waals surface area contributed by atoms with Crippen LogP contribution in [0.5, 0.6) is 0 Å². The maximum absolute atomic E-state index is 2.49. The van der Waals surface area contributed by atoms with Crippen LogP contribution >= 0.6 is 0 Å². The van der Waals surface area contributed by atoms with Crippen LogP contribution < -0.4 is 0 Å². The van der Waals surface area contributed by atoms with Crippen molar-refractivity contribution in [1.82, 2.24) is 0 Å². The van der Waals surface area contributed by atoms with Crippen LogP contribution in [0, 0.1) is 20.8 Å². The van der Waals surface area contributed by atoms with Gasteiger partial charge in [-0.1, -0.05) is 243 Å². The van der Waals surface area contributed by atoms with Gasteiger partial charge in [-0.05, 0) is 137 Å². The molecule has 64 heavy (non-hydrogen) atoms. The molecule has 0 radical (unpaired) electrons. The highest BCUT2D eigenvalue weighted by molar-refractivity contribution is 6.22. The van der Waals surface area contributed by atoms with Gasteiger partial charge in [0.2, 0.25) is 0 Å². The van der Waals surface area contributed by atoms with E-state index in [0.29, 0.717) is 0 Å². The second-order valence-corrected chi connectivity index (χ2v) is 17.3. The largest absolute Gasteiger partial charge is 0.0776 e. The van der Waals surface area contributed by atoms with Crippen LogP contribution in [0.2, 0.25) is 0 Å². The standard InChI is InChI=1S/C44H32.C14H14.C3H8.C2H6.CH4/c1-27-20-22-28(23-21-27)40-33-15-7-9-17-35(33)41(36-18-10-8-16-34(36)40)29-24-25-39-38(26-29)42-32-14-6-4-12-30(32)31-13-5-11-19-37(31)43(42)44(39,2)3;1-11-7-3-5-9-13(11)14-10-6-4-8-12(14)2;1-3-2;1-2;/h4-26H,1-3H3;3-10H,1-2H3;3H2,1-2H3;1-2H3;1H4. The van der Waals surface area contributed by atoms with Crippen molar-refractivity contribution in [3.05, 3.63) is 216 Å². The Balaban J connectivity index is 0.000000258. The van der Waals surface area contributed by atoms with Crippen molar-refractivity contribution in [2.75, 3.05) is 0 Å². The molecule has 0 fully saturated rings. The molecule has 1 aliphatic rings. The summed E-state index contributed by atoms with van der Waals surface area (Å²) in [5.74, 6) is 0. The molecular weight excluding hydrogens is 769 g/mol. The van der Waals surface area contributed by atoms with Crippen molar-refractivity contribution in [3.63, 3.8) is 0 Å². The maximum Gasteiger partial charge on any atom is 0.0165 e. The molecule has 0 heteroatoms. The first kappa shape index (κ1) is 45.3. The van der Waals surface area contributed by atoms with Gasteiger partial charge in [0.25, 0.3) is 0 Å². The van der Waals surface area contributed by atoms with E-state index < -0.39 is 0 Å². The summed E-state index contributed by atoms with van der Waals surface area (Å²) in [5, 5.41) is 10.5. The van der Waals surface area contributed by atoms with Gasteiger partial charge in [0.15, 0.2) is 0 Å². The van der Waals surface area contributed by atoms with Crippen molar-refractivity contribution < 1.29 is 0 Å². The predicted octanol–water partition coefficient (Wildman–Crippen LogP) is 19.3. The molecule has 0 aliphatic heterocycles. The quantitative estimate of drug-likeness (QED) is 0.123. The molecule has 10 aromatic rings. The van der Waals surface area contributed by atoms with E-state index in [1.807, 2.05) is 13.8 Å². The minimum Gasteiger partial charge on any atom is -0.0776 e. The zero-order valence-electron chi connectivity index (χ0n) is 38.6. The maximum atomic E-state index is 2.49. The average molecular weight is 833 g/mol. The molecule has 0 nitrogen and oxygen atoms in total. The smallest absolute Gasteiger partial charge is 0.0165 e. The van der Waals surface area contributed by atoms with Gasteiger partial charge in [0, 0.05) is 5.41 Å². The summed E-state index contributed by atoms with van der Waals surface area (Å²) in [5.41, 5.74) is 17.3. The molecule has 1 aliphatic carbocycles. The number of hydrogen-bond acceptors (Lipinski definition) is 0. The highest BCUT2D eigenvalue weighted by Gasteiger charge is 2.38. The number of fused-ring (bicyclic) bond motifs is 10. The highest BCUT2D eigenvalue weighted by atomic mass is 14.4. The minimum atomic E-state index is -0.105. The van der Waals surface area contributed by atoms with Crippen LogP contribution in [0.3, 0.4) is 0 Å². The molecular formula is C64H64. The number of hydrogen-bond donors (Lipinski definition) is 0. The molecule has 0 spiro atoms. The molecule has 0 bridgehead atoms. The Kier molecular flexibility index (Phi) is 13.7. The van der Waals surface area contributed by atoms with E-state index in [9.17, 15) is 0 Å². The van der Waals surface area contributed by atoms with Crippen LogP contribution in [-0.2, 0) is 5.41 Å². The van der Waals surface area contributed by atoms with Crippen LogP contribution in [0.25, 0.3) is 87.6 Å². The van der Waals surface area contributed by atoms with Crippen molar-refractivity contribution in [3.8, 4) is 44.5 Å². The SMILES string of the molecule is C.CC.CCC.Cc1ccc(-c2c3ccccc3c(-c3ccc4c(c3)-c3c(c5ccccc5c5ccccc35)C4(C)C)c3ccccc23)cc1.Cc1ccccc1-c1ccccc1C. The Morgan fingerprint density at radius 2 is 0.703 bits per heavy atom. The summed E-state index contributed by atoms with van der Waals surface area (Å²) < 4.78 is 0. The minimum absolute atomic E-state index is 0. The lowest BCUT2D eigenvalue weighted by molar-refractivity contribution is 0.666. The van der Waals surface area contributed by atoms with Crippen LogP contribution in [0.4, 0.5) is 0 Å². The lowest BCUT2D eigenvalue weighted by Gasteiger charge is -2.24. The topological polar surface area (TPSA) is 0 Å². The van der Waals surface area contributed by atoms with Gasteiger partial charge in [0.05, 0.1) is 0 Å². The Bertz CT molecular complexity index is 3130. The molecule has 11 rings (SSSR count). The Morgan fingerprint density at radius 3 is 1.16 bits per heavy atom. The number of aryl methyl sites for hydroxylation is 3. The van der Waals surface area contributed by atoms with E-state index in [1.54, 1.807) is 0 Å². The number of benzene rings is 10. The number of rotatable bonds is 3. The summed E-state index contributed by atoms with van der Waals surface area (Å²) in [7, 11) is 0. The fourth-order valence-corrected chi connectivity index (χ4v) is 9.88. The predicted molar refractivity (Wildman–Crippen MR) is 285 cm³/mol. The van der Waals surface area contributed by atoms with Crippen LogP contribution in [-0.4, -0.2) is 0 Å². The summed E-state index contributed by atoms with van der Waals surface area (Å²) in [6.07, 6.45) is 1.25. The molecule has 0 aromatic heterocycles. The Hall–Kier alpha value is -6.76. The summed E-state index contributed by atoms with van der Waals surface area (Å²) >= 11 is 0. The van der Waals surface area contributed by atoms with Gasteiger partial charge in [0.1, 0.15) is 0 Å². The van der Waals surface area contributed by atoms with E-state index in [-0.39, 0.29) is 12.8 Å². The molecule has 0 unspecified atom stereocenters. The van der Waals surface area contributed by atoms with E-state index in [4.69, 9.17) is 0 Å². The zero-order valence-corrected chi connectivity index (χ0v) is 38.6. The summed E-state index contributed by atoms with van der Waals surface area (Å²) in [4.78, 5) is 0. The monoisotopic (exact) mass is 833 g/mol. The summed E-state index contributed by atoms with van der Waals surface area (Å²) in [6.45, 7) is 19.5. The molecule has 0 saturated carbocycles. The van der Waals surface area contributed by atoms with Crippen LogP contribution in [0.1, 0.15) is 83.2 Å². The lowest BCUT2D eigenvalue weighted by atomic mass is 9.79. The van der Waals surface area contributed by atoms with Gasteiger partial charge in [-0.15, -0.1) is 0 Å². The molecule has 0 N–H and O–H groups in total. The summed E-state index contributed by atoms with van der Waals surface area (Å²) in [6, 6.07) is 69.1. The molecule has 0 heterocycles. The van der Waals surface area contributed by atoms with Gasteiger partial charge in [-0.2, -0.15) is 0 Å². The van der Waals surface area contributed by atoms with Crippen LogP contribution in [0.15, 0.2) is 188 Å². The zero-order chi connectivity index (χ0) is 44.3. The van der Waals surface area contributed by atoms with Gasteiger partial charge in [-0.3, -0.25) is 0 Å². The highest BCUT2D eigenvalue weighted by Crippen LogP contribution is 2.56. The second-order valence-electron chi connectivity index (χ2n) is 17.3. The molecule has 0 amide bonds. The first-order valence-electron chi connectivity index (χ1n) is 22.9. The normalized spacial score (nSPS) is 11.9. The van der Waals surface area contributed by atoms with E-state index in [1.165, 1.54) is 122 Å². The van der Waals surface area contributed by atoms with Crippen molar-refractivity contribution in [1.29, 1.82) is 0 Å². The molecule has 320 valence electrons. The third-order valence-corrected chi connectivity index (χ3v) is 12.7. The Morgan fingerprint density at radius 1 is 0.359 bits per heavy atom. The third-order valence-electron chi connectivity index (χ3n) is 12.7. The van der Waals surface area contributed by atoms with Gasteiger partial charge in [-0.25, -0.2) is 0 Å². The second kappa shape index (κ2) is 19.3. The Labute approximate surface area is 383 Å². The molecule has 0 saturated heterocycles. The van der Waals surface area contributed by atoms with Crippen molar-refractivity contribution in [2.24, 2.45) is 0 Å². The average Bonchev–Trinajstić information content (AvgIpc) is 3.56. The molecule has 0 atom stereocenters. The van der Waals surface area contributed by atoms with Gasteiger partial charge >= 0.3 is 0 Å². The van der Waals surface area contributed by atoms with E-state index >= 15 is 0 Å². The van der Waals surface area contributed by atoms with Gasteiger partial charge < -0.3 is 0 Å². The first-order chi connectivity index (χ1) is 30.7. The molecule has 10 aromatic carbocycles. The van der Waals surface area contributed by atoms with Crippen molar-refractivity contribution >= 4 is 43.1 Å².